The Morgan fingerprint density at radius 3 is 2.60 bits per heavy atom. The van der Waals surface area contributed by atoms with Crippen molar-refractivity contribution >= 4 is 17.6 Å². The molecule has 0 spiro atoms. The first-order valence-electron chi connectivity index (χ1n) is 6.17. The molecule has 8 heteroatoms. The molecule has 1 N–H and O–H groups in total. The van der Waals surface area contributed by atoms with Gasteiger partial charge in [0, 0.05) is 25.7 Å². The average Bonchev–Trinajstić information content (AvgIpc) is 2.37. The number of amides is 1. The third kappa shape index (κ3) is 2.63. The Morgan fingerprint density at radius 1 is 1.45 bits per heavy atom. The van der Waals surface area contributed by atoms with Crippen molar-refractivity contribution in [1.29, 1.82) is 0 Å². The Labute approximate surface area is 115 Å². The third-order valence-corrected chi connectivity index (χ3v) is 3.40. The zero-order valence-corrected chi connectivity index (χ0v) is 11.3. The number of pyridine rings is 1. The molecule has 1 saturated heterocycles. The summed E-state index contributed by atoms with van der Waals surface area (Å²) in [6.45, 7) is 5.17. The molecular formula is C12H16N4O4. The molecule has 0 unspecified atom stereocenters. The van der Waals surface area contributed by atoms with Crippen LogP contribution in [0.15, 0.2) is 18.3 Å². The monoisotopic (exact) mass is 280 g/mol. The predicted octanol–water partition coefficient (Wildman–Crippen LogP) is 1.57. The van der Waals surface area contributed by atoms with Gasteiger partial charge in [-0.25, -0.2) is 4.79 Å². The molecule has 0 saturated carbocycles. The van der Waals surface area contributed by atoms with E-state index in [0.29, 0.717) is 19.6 Å². The van der Waals surface area contributed by atoms with E-state index in [1.165, 1.54) is 17.2 Å². The van der Waals surface area contributed by atoms with E-state index >= 15 is 0 Å². The maximum Gasteiger partial charge on any atom is 0.407 e. The summed E-state index contributed by atoms with van der Waals surface area (Å²) in [6.07, 6.45) is 0.524. The van der Waals surface area contributed by atoms with E-state index in [9.17, 15) is 14.9 Å². The Kier molecular flexibility index (Phi) is 3.47. The van der Waals surface area contributed by atoms with Gasteiger partial charge in [-0.1, -0.05) is 0 Å². The Bertz CT molecular complexity index is 529. The second-order valence-corrected chi connectivity index (χ2v) is 5.30. The number of nitro groups is 1. The van der Waals surface area contributed by atoms with Gasteiger partial charge in [-0.05, 0) is 29.8 Å². The van der Waals surface area contributed by atoms with Crippen LogP contribution in [-0.2, 0) is 0 Å². The minimum atomic E-state index is -0.931. The van der Waals surface area contributed by atoms with Crippen LogP contribution in [0.5, 0.6) is 0 Å². The molecular weight excluding hydrogens is 264 g/mol. The molecule has 0 bridgehead atoms. The first-order chi connectivity index (χ1) is 9.31. The topological polar surface area (TPSA) is 99.8 Å². The number of aromatic nitrogens is 1. The van der Waals surface area contributed by atoms with Gasteiger partial charge in [0.05, 0.1) is 11.2 Å². The first-order valence-corrected chi connectivity index (χ1v) is 6.17. The highest BCUT2D eigenvalue weighted by Gasteiger charge is 2.36. The van der Waals surface area contributed by atoms with Gasteiger partial charge in [0.25, 0.3) is 0 Å². The quantitative estimate of drug-likeness (QED) is 0.652. The fourth-order valence-electron chi connectivity index (χ4n) is 2.44. The lowest BCUT2D eigenvalue weighted by atomic mass is 9.98. The van der Waals surface area contributed by atoms with Crippen LogP contribution in [0.3, 0.4) is 0 Å². The maximum atomic E-state index is 11.0. The van der Waals surface area contributed by atoms with E-state index < -0.39 is 16.6 Å². The van der Waals surface area contributed by atoms with Crippen molar-refractivity contribution in [3.63, 3.8) is 0 Å². The van der Waals surface area contributed by atoms with Crippen LogP contribution in [-0.4, -0.2) is 51.2 Å². The van der Waals surface area contributed by atoms with Gasteiger partial charge in [0.1, 0.15) is 0 Å². The molecule has 1 aromatic heterocycles. The lowest BCUT2D eigenvalue weighted by Gasteiger charge is -2.47. The van der Waals surface area contributed by atoms with E-state index in [1.54, 1.807) is 6.07 Å². The van der Waals surface area contributed by atoms with Crippen molar-refractivity contribution in [3.05, 3.63) is 28.4 Å². The van der Waals surface area contributed by atoms with Gasteiger partial charge in [0.15, 0.2) is 6.20 Å². The van der Waals surface area contributed by atoms with Gasteiger partial charge in [0.2, 0.25) is 0 Å². The van der Waals surface area contributed by atoms with Crippen molar-refractivity contribution in [2.24, 2.45) is 0 Å². The summed E-state index contributed by atoms with van der Waals surface area (Å²) in [5, 5.41) is 19.6. The number of hydrogen-bond acceptors (Lipinski definition) is 5. The van der Waals surface area contributed by atoms with E-state index in [4.69, 9.17) is 5.11 Å². The van der Waals surface area contributed by atoms with Crippen LogP contribution >= 0.6 is 0 Å². The van der Waals surface area contributed by atoms with Crippen molar-refractivity contribution < 1.29 is 14.8 Å². The predicted molar refractivity (Wildman–Crippen MR) is 71.9 cm³/mol. The van der Waals surface area contributed by atoms with Crippen LogP contribution in [0.1, 0.15) is 13.8 Å². The van der Waals surface area contributed by atoms with Crippen molar-refractivity contribution in [1.82, 2.24) is 9.88 Å². The fourth-order valence-corrected chi connectivity index (χ4v) is 2.44. The average molecular weight is 280 g/mol. The highest BCUT2D eigenvalue weighted by Crippen LogP contribution is 2.28. The number of nitrogens with zero attached hydrogens (tertiary/aromatic N) is 4. The van der Waals surface area contributed by atoms with Crippen molar-refractivity contribution in [2.75, 3.05) is 24.5 Å². The van der Waals surface area contributed by atoms with Gasteiger partial charge in [-0.2, -0.15) is 0 Å². The fraction of sp³-hybridized carbons (Fsp3) is 0.500. The summed E-state index contributed by atoms with van der Waals surface area (Å²) >= 11 is 0. The molecule has 0 aromatic carbocycles. The Balaban J connectivity index is 2.20. The largest absolute Gasteiger partial charge is 0.465 e. The van der Waals surface area contributed by atoms with Crippen molar-refractivity contribution in [2.45, 2.75) is 19.4 Å². The normalized spacial score (nSPS) is 17.9. The molecule has 20 heavy (non-hydrogen) atoms. The molecule has 0 radical (unpaired) electrons. The van der Waals surface area contributed by atoms with Gasteiger partial charge in [-0.15, -0.1) is 0 Å². The number of piperazine rings is 1. The first kappa shape index (κ1) is 14.0. The molecule has 2 rings (SSSR count). The van der Waals surface area contributed by atoms with E-state index in [0.717, 1.165) is 5.69 Å². The maximum absolute atomic E-state index is 11.0. The van der Waals surface area contributed by atoms with Crippen LogP contribution in [0.25, 0.3) is 0 Å². The molecule has 1 amide bonds. The highest BCUT2D eigenvalue weighted by molar-refractivity contribution is 5.66. The summed E-state index contributed by atoms with van der Waals surface area (Å²) in [5.74, 6) is -0.198. The minimum absolute atomic E-state index is 0.198. The summed E-state index contributed by atoms with van der Waals surface area (Å²) in [5.41, 5.74) is 0.361. The van der Waals surface area contributed by atoms with Crippen LogP contribution in [0.4, 0.5) is 16.3 Å². The number of rotatable bonds is 2. The third-order valence-electron chi connectivity index (χ3n) is 3.40. The van der Waals surface area contributed by atoms with Gasteiger partial charge in [-0.3, -0.25) is 0 Å². The molecule has 108 valence electrons. The van der Waals surface area contributed by atoms with E-state index in [-0.39, 0.29) is 5.82 Å². The molecule has 1 aliphatic heterocycles. The lowest BCUT2D eigenvalue weighted by Crippen LogP contribution is -2.60. The summed E-state index contributed by atoms with van der Waals surface area (Å²) in [4.78, 5) is 28.3. The molecule has 1 fully saturated rings. The minimum Gasteiger partial charge on any atom is -0.465 e. The molecule has 1 aliphatic rings. The molecule has 8 nitrogen and oxygen atoms in total. The Morgan fingerprint density at radius 2 is 2.15 bits per heavy atom. The van der Waals surface area contributed by atoms with Crippen molar-refractivity contribution in [3.8, 4) is 0 Å². The number of carboxylic acid groups (broad SMARTS) is 1. The highest BCUT2D eigenvalue weighted by atomic mass is 16.6. The molecule has 0 aliphatic carbocycles. The summed E-state index contributed by atoms with van der Waals surface area (Å²) in [6, 6.07) is 3.00. The molecule has 0 atom stereocenters. The van der Waals surface area contributed by atoms with Crippen LogP contribution < -0.4 is 4.90 Å². The van der Waals surface area contributed by atoms with E-state index in [2.05, 4.69) is 4.98 Å². The lowest BCUT2D eigenvalue weighted by molar-refractivity contribution is -0.389. The second kappa shape index (κ2) is 4.95. The Hall–Kier alpha value is -2.38. The SMILES string of the molecule is CC1(C)CN(C(=O)O)CCN1c1ccc([N+](=O)[O-])nc1. The second-order valence-electron chi connectivity index (χ2n) is 5.30. The zero-order valence-electron chi connectivity index (χ0n) is 11.3. The summed E-state index contributed by atoms with van der Waals surface area (Å²) in [7, 11) is 0. The van der Waals surface area contributed by atoms with Crippen LogP contribution in [0.2, 0.25) is 0 Å². The molecule has 1 aromatic rings. The van der Waals surface area contributed by atoms with Gasteiger partial charge >= 0.3 is 11.9 Å². The summed E-state index contributed by atoms with van der Waals surface area (Å²) < 4.78 is 0. The number of hydrogen-bond donors (Lipinski definition) is 1. The zero-order chi connectivity index (χ0) is 14.9. The number of carbonyl (C=O) groups is 1. The smallest absolute Gasteiger partial charge is 0.407 e. The van der Waals surface area contributed by atoms with Gasteiger partial charge < -0.3 is 25.0 Å². The van der Waals surface area contributed by atoms with E-state index in [1.807, 2.05) is 18.7 Å². The molecule has 2 heterocycles. The van der Waals surface area contributed by atoms with Crippen LogP contribution in [0, 0.1) is 10.1 Å². The standard InChI is InChI=1S/C12H16N4O4/c1-12(2)8-14(11(17)18)5-6-15(12)9-3-4-10(13-7-9)16(19)20/h3-4,7H,5-6,8H2,1-2H3,(H,17,18). The number of anilines is 1.